The van der Waals surface area contributed by atoms with E-state index in [-0.39, 0.29) is 5.91 Å². The van der Waals surface area contributed by atoms with Crippen molar-refractivity contribution in [3.8, 4) is 5.75 Å². The molecule has 1 heterocycles. The van der Waals surface area contributed by atoms with Crippen LogP contribution >= 0.6 is 11.6 Å². The molecule has 0 unspecified atom stereocenters. The van der Waals surface area contributed by atoms with E-state index in [9.17, 15) is 4.79 Å². The maximum absolute atomic E-state index is 12.5. The Kier molecular flexibility index (Phi) is 8.54. The third-order valence-corrected chi connectivity index (χ3v) is 5.58. The van der Waals surface area contributed by atoms with Gasteiger partial charge in [-0.1, -0.05) is 11.6 Å². The molecule has 7 nitrogen and oxygen atoms in total. The largest absolute Gasteiger partial charge is 0.492 e. The van der Waals surface area contributed by atoms with Crippen LogP contribution in [-0.4, -0.2) is 69.6 Å². The first-order valence-electron chi connectivity index (χ1n) is 10.5. The van der Waals surface area contributed by atoms with E-state index in [0.717, 1.165) is 57.8 Å². The van der Waals surface area contributed by atoms with Gasteiger partial charge in [-0.3, -0.25) is 9.69 Å². The lowest BCUT2D eigenvalue weighted by Gasteiger charge is -2.26. The van der Waals surface area contributed by atoms with Gasteiger partial charge in [0.2, 0.25) is 0 Å². The van der Waals surface area contributed by atoms with Gasteiger partial charge < -0.3 is 25.5 Å². The van der Waals surface area contributed by atoms with Gasteiger partial charge in [0.05, 0.1) is 31.4 Å². The summed E-state index contributed by atoms with van der Waals surface area (Å²) in [7, 11) is 1.79. The Morgan fingerprint density at radius 3 is 2.80 bits per heavy atom. The van der Waals surface area contributed by atoms with E-state index in [2.05, 4.69) is 15.5 Å². The summed E-state index contributed by atoms with van der Waals surface area (Å²) < 4.78 is 11.1. The normalized spacial score (nSPS) is 17.5. The third kappa shape index (κ3) is 7.00. The zero-order chi connectivity index (χ0) is 21.3. The third-order valence-electron chi connectivity index (χ3n) is 5.28. The van der Waals surface area contributed by atoms with E-state index >= 15 is 0 Å². The molecule has 8 heteroatoms. The Bertz CT molecular complexity index is 774. The predicted molar refractivity (Wildman–Crippen MR) is 119 cm³/mol. The minimum atomic E-state index is -0.213. The molecule has 0 aromatic heterocycles. The van der Waals surface area contributed by atoms with Crippen molar-refractivity contribution in [2.75, 3.05) is 53.0 Å². The minimum Gasteiger partial charge on any atom is -0.492 e. The van der Waals surface area contributed by atoms with Crippen molar-refractivity contribution < 1.29 is 14.3 Å². The first kappa shape index (κ1) is 22.6. The maximum atomic E-state index is 12.5. The lowest BCUT2D eigenvalue weighted by molar-refractivity contribution is 0.0358. The highest BCUT2D eigenvalue weighted by molar-refractivity contribution is 6.32. The number of carbonyl (C=O) groups excluding carboxylic acids is 1. The van der Waals surface area contributed by atoms with Crippen LogP contribution in [0, 0.1) is 11.3 Å². The van der Waals surface area contributed by atoms with Gasteiger partial charge >= 0.3 is 0 Å². The number of morpholine rings is 1. The molecule has 2 fully saturated rings. The first-order valence-corrected chi connectivity index (χ1v) is 10.9. The molecule has 0 radical (unpaired) electrons. The minimum absolute atomic E-state index is 0.213. The summed E-state index contributed by atoms with van der Waals surface area (Å²) in [5.74, 6) is 0.753. The number of halogens is 1. The second kappa shape index (κ2) is 11.3. The van der Waals surface area contributed by atoms with Crippen molar-refractivity contribution in [1.29, 1.82) is 5.41 Å². The zero-order valence-electron chi connectivity index (χ0n) is 17.5. The molecule has 1 aliphatic carbocycles. The standard InChI is InChI=1S/C22H31ClN4O3/c1-25-18(14-20(24)16-3-4-16)15-26-22(28)17-5-6-21(19(23)13-17)30-10-2-7-27-8-11-29-12-9-27/h5-6,13-14,16,24-25H,2-4,7-12,15H2,1H3,(H,26,28)/b18-14-,24-20?. The summed E-state index contributed by atoms with van der Waals surface area (Å²) in [5.41, 5.74) is 1.91. The molecule has 1 aliphatic heterocycles. The molecule has 164 valence electrons. The SMILES string of the molecule is CN/C(=C\C(=N)C1CC1)CNC(=O)c1ccc(OCCCN2CCOCC2)c(Cl)c1. The number of nitrogens with one attached hydrogen (secondary N) is 3. The highest BCUT2D eigenvalue weighted by Crippen LogP contribution is 2.30. The molecule has 2 aliphatic rings. The van der Waals surface area contributed by atoms with Gasteiger partial charge in [-0.2, -0.15) is 0 Å². The fourth-order valence-electron chi connectivity index (χ4n) is 3.24. The van der Waals surface area contributed by atoms with Gasteiger partial charge in [0.25, 0.3) is 5.91 Å². The van der Waals surface area contributed by atoms with E-state index in [4.69, 9.17) is 26.5 Å². The van der Waals surface area contributed by atoms with E-state index in [1.54, 1.807) is 31.3 Å². The number of rotatable bonds is 11. The number of hydrogen-bond donors (Lipinski definition) is 3. The second-order valence-corrected chi connectivity index (χ2v) is 8.04. The number of carbonyl (C=O) groups is 1. The van der Waals surface area contributed by atoms with E-state index in [0.29, 0.717) is 41.1 Å². The Balaban J connectivity index is 1.43. The van der Waals surface area contributed by atoms with Crippen LogP contribution in [0.1, 0.15) is 29.6 Å². The van der Waals surface area contributed by atoms with Crippen LogP contribution in [0.5, 0.6) is 5.75 Å². The van der Waals surface area contributed by atoms with Gasteiger partial charge in [-0.15, -0.1) is 0 Å². The predicted octanol–water partition coefficient (Wildman–Crippen LogP) is 2.70. The smallest absolute Gasteiger partial charge is 0.251 e. The molecule has 1 aromatic rings. The fraction of sp³-hybridized carbons (Fsp3) is 0.545. The zero-order valence-corrected chi connectivity index (χ0v) is 18.3. The summed E-state index contributed by atoms with van der Waals surface area (Å²) in [5, 5.41) is 14.3. The van der Waals surface area contributed by atoms with Crippen molar-refractivity contribution in [2.24, 2.45) is 5.92 Å². The second-order valence-electron chi connectivity index (χ2n) is 7.63. The molecule has 1 amide bonds. The first-order chi connectivity index (χ1) is 14.6. The molecular formula is C22H31ClN4O3. The molecule has 0 bridgehead atoms. The lowest BCUT2D eigenvalue weighted by Crippen LogP contribution is -2.37. The molecule has 1 aromatic carbocycles. The molecule has 1 saturated heterocycles. The molecule has 1 saturated carbocycles. The average molecular weight is 435 g/mol. The maximum Gasteiger partial charge on any atom is 0.251 e. The van der Waals surface area contributed by atoms with Crippen LogP contribution in [0.2, 0.25) is 5.02 Å². The number of ether oxygens (including phenoxy) is 2. The van der Waals surface area contributed by atoms with Crippen molar-refractivity contribution in [3.63, 3.8) is 0 Å². The Morgan fingerprint density at radius 2 is 2.13 bits per heavy atom. The quantitative estimate of drug-likeness (QED) is 0.368. The van der Waals surface area contributed by atoms with Gasteiger partial charge in [0, 0.05) is 49.6 Å². The van der Waals surface area contributed by atoms with Gasteiger partial charge in [0.15, 0.2) is 0 Å². The fourth-order valence-corrected chi connectivity index (χ4v) is 3.48. The van der Waals surface area contributed by atoms with E-state index in [1.165, 1.54) is 0 Å². The molecule has 0 spiro atoms. The molecule has 0 atom stereocenters. The molecule has 30 heavy (non-hydrogen) atoms. The van der Waals surface area contributed by atoms with Crippen molar-refractivity contribution >= 4 is 23.2 Å². The summed E-state index contributed by atoms with van der Waals surface area (Å²) in [6.45, 7) is 5.41. The van der Waals surface area contributed by atoms with Crippen LogP contribution in [0.3, 0.4) is 0 Å². The van der Waals surface area contributed by atoms with Crippen LogP contribution in [-0.2, 0) is 4.74 Å². The van der Waals surface area contributed by atoms with Gasteiger partial charge in [-0.05, 0) is 43.5 Å². The highest BCUT2D eigenvalue weighted by Gasteiger charge is 2.25. The van der Waals surface area contributed by atoms with E-state index < -0.39 is 0 Å². The number of amides is 1. The van der Waals surface area contributed by atoms with Crippen LogP contribution < -0.4 is 15.4 Å². The van der Waals surface area contributed by atoms with Gasteiger partial charge in [0.1, 0.15) is 5.75 Å². The summed E-state index contributed by atoms with van der Waals surface area (Å²) >= 11 is 6.32. The number of allylic oxidation sites excluding steroid dienone is 1. The van der Waals surface area contributed by atoms with Crippen LogP contribution in [0.4, 0.5) is 0 Å². The molecule has 3 rings (SSSR count). The van der Waals surface area contributed by atoms with E-state index in [1.807, 2.05) is 0 Å². The van der Waals surface area contributed by atoms with Crippen LogP contribution in [0.15, 0.2) is 30.0 Å². The molecule has 3 N–H and O–H groups in total. The number of benzene rings is 1. The van der Waals surface area contributed by atoms with Crippen LogP contribution in [0.25, 0.3) is 0 Å². The number of nitrogens with zero attached hydrogens (tertiary/aromatic N) is 1. The van der Waals surface area contributed by atoms with Crippen molar-refractivity contribution in [3.05, 3.63) is 40.6 Å². The van der Waals surface area contributed by atoms with Crippen molar-refractivity contribution in [1.82, 2.24) is 15.5 Å². The van der Waals surface area contributed by atoms with Crippen molar-refractivity contribution in [2.45, 2.75) is 19.3 Å². The summed E-state index contributed by atoms with van der Waals surface area (Å²) in [4.78, 5) is 14.8. The highest BCUT2D eigenvalue weighted by atomic mass is 35.5. The summed E-state index contributed by atoms with van der Waals surface area (Å²) in [6.07, 6.45) is 4.88. The number of likely N-dealkylation sites (N-methyl/N-ethyl adjacent to an activating group) is 1. The van der Waals surface area contributed by atoms with Gasteiger partial charge in [-0.25, -0.2) is 0 Å². The Labute approximate surface area is 183 Å². The Morgan fingerprint density at radius 1 is 1.37 bits per heavy atom. The topological polar surface area (TPSA) is 86.7 Å². The average Bonchev–Trinajstić information content (AvgIpc) is 3.61. The monoisotopic (exact) mass is 434 g/mol. The lowest BCUT2D eigenvalue weighted by atomic mass is 10.2. The Hall–Kier alpha value is -2.09. The number of hydrogen-bond acceptors (Lipinski definition) is 6. The summed E-state index contributed by atoms with van der Waals surface area (Å²) in [6, 6.07) is 5.08. The molecular weight excluding hydrogens is 404 g/mol.